The quantitative estimate of drug-likeness (QED) is 0.739. The normalized spacial score (nSPS) is 27.3. The van der Waals surface area contributed by atoms with Crippen LogP contribution in [0.4, 0.5) is 0 Å². The zero-order valence-corrected chi connectivity index (χ0v) is 17.3. The number of nitrogens with one attached hydrogen (secondary N) is 2. The lowest BCUT2D eigenvalue weighted by molar-refractivity contribution is -0.150. The van der Waals surface area contributed by atoms with Crippen LogP contribution in [0, 0.1) is 5.41 Å². The Labute approximate surface area is 173 Å². The molecule has 1 atom stereocenters. The molecule has 3 fully saturated rings. The van der Waals surface area contributed by atoms with E-state index >= 15 is 0 Å². The minimum absolute atomic E-state index is 0. The van der Waals surface area contributed by atoms with Gasteiger partial charge in [0.05, 0.1) is 11.1 Å². The van der Waals surface area contributed by atoms with Crippen molar-refractivity contribution in [2.24, 2.45) is 5.41 Å². The number of halogens is 2. The maximum atomic E-state index is 12.5. The summed E-state index contributed by atoms with van der Waals surface area (Å²) in [6, 6.07) is 0. The van der Waals surface area contributed by atoms with Crippen molar-refractivity contribution in [2.45, 2.75) is 57.0 Å². The van der Waals surface area contributed by atoms with Gasteiger partial charge in [-0.2, -0.15) is 5.10 Å². The first-order valence-corrected chi connectivity index (χ1v) is 9.94. The van der Waals surface area contributed by atoms with Crippen LogP contribution in [-0.4, -0.2) is 59.9 Å². The summed E-state index contributed by atoms with van der Waals surface area (Å²) >= 11 is 0. The van der Waals surface area contributed by atoms with Crippen LogP contribution < -0.4 is 5.32 Å². The van der Waals surface area contributed by atoms with E-state index in [1.54, 1.807) is 0 Å². The Kier molecular flexibility index (Phi) is 6.41. The van der Waals surface area contributed by atoms with E-state index in [1.165, 1.54) is 29.8 Å². The highest BCUT2D eigenvalue weighted by atomic mass is 35.5. The number of piperidine rings is 1. The molecule has 2 N–H and O–H groups in total. The van der Waals surface area contributed by atoms with Crippen LogP contribution >= 0.6 is 24.8 Å². The van der Waals surface area contributed by atoms with E-state index in [1.807, 2.05) is 0 Å². The first-order valence-electron chi connectivity index (χ1n) is 9.94. The fourth-order valence-electron chi connectivity index (χ4n) is 4.97. The number of hydrogen-bond acceptors (Lipinski definition) is 5. The van der Waals surface area contributed by atoms with E-state index in [0.29, 0.717) is 5.92 Å². The molecule has 8 heteroatoms. The Bertz CT molecular complexity index is 671. The average Bonchev–Trinajstić information content (AvgIpc) is 3.36. The predicted octanol–water partition coefficient (Wildman–Crippen LogP) is 2.22. The Hall–Kier alpha value is -0.820. The van der Waals surface area contributed by atoms with Gasteiger partial charge in [0, 0.05) is 44.1 Å². The van der Waals surface area contributed by atoms with Crippen LogP contribution in [0.3, 0.4) is 0 Å². The summed E-state index contributed by atoms with van der Waals surface area (Å²) in [6.45, 7) is 4.85. The molecule has 4 heterocycles. The Balaban J connectivity index is 0.00000105. The zero-order valence-electron chi connectivity index (χ0n) is 15.7. The molecule has 3 aliphatic heterocycles. The number of nitrogens with zero attached hydrogens (tertiary/aromatic N) is 2. The average molecular weight is 417 g/mol. The van der Waals surface area contributed by atoms with Crippen LogP contribution in [0.5, 0.6) is 0 Å². The van der Waals surface area contributed by atoms with Crippen molar-refractivity contribution in [1.82, 2.24) is 20.4 Å². The maximum Gasteiger partial charge on any atom is 0.312 e. The Morgan fingerprint density at radius 2 is 1.89 bits per heavy atom. The van der Waals surface area contributed by atoms with E-state index in [2.05, 4.69) is 20.4 Å². The molecule has 152 valence electrons. The van der Waals surface area contributed by atoms with Gasteiger partial charge in [-0.15, -0.1) is 24.8 Å². The van der Waals surface area contributed by atoms with E-state index in [9.17, 15) is 4.79 Å². The number of fused-ring (bicyclic) bond motifs is 1. The molecule has 4 aliphatic rings. The van der Waals surface area contributed by atoms with Crippen molar-refractivity contribution in [3.63, 3.8) is 0 Å². The molecule has 1 aromatic rings. The van der Waals surface area contributed by atoms with Crippen LogP contribution in [0.25, 0.3) is 0 Å². The van der Waals surface area contributed by atoms with E-state index < -0.39 is 0 Å². The molecule has 0 aromatic carbocycles. The van der Waals surface area contributed by atoms with Gasteiger partial charge in [-0.05, 0) is 50.8 Å². The van der Waals surface area contributed by atoms with Gasteiger partial charge in [-0.3, -0.25) is 14.8 Å². The van der Waals surface area contributed by atoms with Crippen molar-refractivity contribution in [3.05, 3.63) is 17.0 Å². The van der Waals surface area contributed by atoms with E-state index in [4.69, 9.17) is 4.74 Å². The summed E-state index contributed by atoms with van der Waals surface area (Å²) in [5.41, 5.74) is 3.94. The summed E-state index contributed by atoms with van der Waals surface area (Å²) < 4.78 is 5.80. The van der Waals surface area contributed by atoms with Crippen molar-refractivity contribution >= 4 is 30.8 Å². The SMILES string of the molecule is Cl.Cl.O=C1OC(CN2CCc3[nH]nc(C4CC4)c3CC2)CC12CCNCC2. The highest BCUT2D eigenvalue weighted by Crippen LogP contribution is 2.43. The lowest BCUT2D eigenvalue weighted by atomic mass is 9.76. The lowest BCUT2D eigenvalue weighted by Crippen LogP contribution is -2.40. The van der Waals surface area contributed by atoms with E-state index in [-0.39, 0.29) is 42.3 Å². The molecule has 2 saturated heterocycles. The zero-order chi connectivity index (χ0) is 16.9. The summed E-state index contributed by atoms with van der Waals surface area (Å²) in [5.74, 6) is 0.765. The minimum atomic E-state index is -0.199. The number of hydrogen-bond donors (Lipinski definition) is 2. The molecule has 0 bridgehead atoms. The number of H-pyrrole nitrogens is 1. The minimum Gasteiger partial charge on any atom is -0.461 e. The van der Waals surface area contributed by atoms with Crippen molar-refractivity contribution in [1.29, 1.82) is 0 Å². The van der Waals surface area contributed by atoms with Gasteiger partial charge < -0.3 is 10.1 Å². The smallest absolute Gasteiger partial charge is 0.312 e. The monoisotopic (exact) mass is 416 g/mol. The number of carbonyl (C=O) groups excluding carboxylic acids is 1. The number of ether oxygens (including phenoxy) is 1. The van der Waals surface area contributed by atoms with Gasteiger partial charge in [0.2, 0.25) is 0 Å². The molecule has 1 aliphatic carbocycles. The van der Waals surface area contributed by atoms with Gasteiger partial charge in [0.25, 0.3) is 0 Å². The van der Waals surface area contributed by atoms with Gasteiger partial charge in [0.15, 0.2) is 0 Å². The second-order valence-corrected chi connectivity index (χ2v) is 8.40. The Morgan fingerprint density at radius 3 is 2.63 bits per heavy atom. The molecule has 0 radical (unpaired) electrons. The lowest BCUT2D eigenvalue weighted by Gasteiger charge is -2.29. The van der Waals surface area contributed by atoms with Gasteiger partial charge >= 0.3 is 5.97 Å². The largest absolute Gasteiger partial charge is 0.461 e. The Morgan fingerprint density at radius 1 is 1.15 bits per heavy atom. The molecule has 27 heavy (non-hydrogen) atoms. The third kappa shape index (κ3) is 4.00. The highest BCUT2D eigenvalue weighted by molar-refractivity contribution is 5.85. The molecule has 5 rings (SSSR count). The van der Waals surface area contributed by atoms with Gasteiger partial charge in [-0.1, -0.05) is 0 Å². The number of aromatic amines is 1. The summed E-state index contributed by atoms with van der Waals surface area (Å²) in [4.78, 5) is 14.9. The van der Waals surface area contributed by atoms with Gasteiger partial charge in [0.1, 0.15) is 6.10 Å². The number of aromatic nitrogens is 2. The molecule has 6 nitrogen and oxygen atoms in total. The number of esters is 1. The number of cyclic esters (lactones) is 1. The standard InChI is InChI=1S/C19H28N4O2.2ClH/c24-18-19(5-7-20-8-6-19)11-14(25-18)12-23-9-3-15-16(4-10-23)21-22-17(15)13-1-2-13;;/h13-14,20H,1-12H2,(H,21,22);2*1H. The first-order chi connectivity index (χ1) is 12.2. The van der Waals surface area contributed by atoms with Crippen LogP contribution in [0.15, 0.2) is 0 Å². The molecule has 1 unspecified atom stereocenters. The van der Waals surface area contributed by atoms with Crippen LogP contribution in [-0.2, 0) is 22.4 Å². The summed E-state index contributed by atoms with van der Waals surface area (Å²) in [5, 5.41) is 11.2. The van der Waals surface area contributed by atoms with Crippen molar-refractivity contribution < 1.29 is 9.53 Å². The number of rotatable bonds is 3. The fraction of sp³-hybridized carbons (Fsp3) is 0.789. The maximum absolute atomic E-state index is 12.5. The first kappa shape index (κ1) is 20.9. The molecular formula is C19H30Cl2N4O2. The van der Waals surface area contributed by atoms with E-state index in [0.717, 1.165) is 64.8 Å². The predicted molar refractivity (Wildman–Crippen MR) is 108 cm³/mol. The molecule has 1 aromatic heterocycles. The highest BCUT2D eigenvalue weighted by Gasteiger charge is 2.49. The topological polar surface area (TPSA) is 70.2 Å². The van der Waals surface area contributed by atoms with Crippen LogP contribution in [0.1, 0.15) is 55.0 Å². The second kappa shape index (κ2) is 8.27. The number of carbonyl (C=O) groups is 1. The molecule has 1 saturated carbocycles. The molecular weight excluding hydrogens is 387 g/mol. The summed E-state index contributed by atoms with van der Waals surface area (Å²) in [6.07, 6.45) is 7.56. The van der Waals surface area contributed by atoms with Crippen molar-refractivity contribution in [3.8, 4) is 0 Å². The summed E-state index contributed by atoms with van der Waals surface area (Å²) in [7, 11) is 0. The second-order valence-electron chi connectivity index (χ2n) is 8.40. The third-order valence-corrected chi connectivity index (χ3v) is 6.65. The third-order valence-electron chi connectivity index (χ3n) is 6.65. The van der Waals surface area contributed by atoms with Gasteiger partial charge in [-0.25, -0.2) is 0 Å². The molecule has 0 amide bonds. The van der Waals surface area contributed by atoms with Crippen LogP contribution in [0.2, 0.25) is 0 Å². The fourth-order valence-corrected chi connectivity index (χ4v) is 4.97. The van der Waals surface area contributed by atoms with Crippen molar-refractivity contribution in [2.75, 3.05) is 32.7 Å². The molecule has 1 spiro atoms.